The number of aromatic nitrogens is 1. The van der Waals surface area contributed by atoms with Crippen molar-refractivity contribution in [2.75, 3.05) is 13.1 Å². The number of amides is 1. The van der Waals surface area contributed by atoms with Crippen LogP contribution in [-0.2, 0) is 20.3 Å². The van der Waals surface area contributed by atoms with Crippen LogP contribution in [0.15, 0.2) is 24.4 Å². The zero-order valence-electron chi connectivity index (χ0n) is 13.9. The van der Waals surface area contributed by atoms with Crippen molar-refractivity contribution in [3.05, 3.63) is 30.1 Å². The fourth-order valence-corrected chi connectivity index (χ4v) is 4.28. The Morgan fingerprint density at radius 2 is 1.96 bits per heavy atom. The molecule has 0 unspecified atom stereocenters. The molecule has 0 aliphatic carbocycles. The summed E-state index contributed by atoms with van der Waals surface area (Å²) < 4.78 is 30.3. The van der Waals surface area contributed by atoms with Crippen molar-refractivity contribution in [3.63, 3.8) is 0 Å². The summed E-state index contributed by atoms with van der Waals surface area (Å²) in [5, 5.41) is -0.428. The molecule has 0 spiro atoms. The number of rotatable bonds is 3. The van der Waals surface area contributed by atoms with Gasteiger partial charge in [0.05, 0.1) is 16.7 Å². The summed E-state index contributed by atoms with van der Waals surface area (Å²) in [6.07, 6.45) is 2.09. The average molecular weight is 340 g/mol. The zero-order valence-corrected chi connectivity index (χ0v) is 14.7. The molecule has 23 heavy (non-hydrogen) atoms. The Balaban J connectivity index is 1.92. The topological polar surface area (TPSA) is 76.6 Å². The minimum Gasteiger partial charge on any atom is -0.444 e. The van der Waals surface area contributed by atoms with Gasteiger partial charge in [0, 0.05) is 19.3 Å². The maximum Gasteiger partial charge on any atom is 0.410 e. The first kappa shape index (κ1) is 17.7. The highest BCUT2D eigenvalue weighted by Crippen LogP contribution is 2.22. The zero-order chi connectivity index (χ0) is 17.1. The molecule has 1 aliphatic rings. The van der Waals surface area contributed by atoms with E-state index in [4.69, 9.17) is 4.74 Å². The first-order valence-electron chi connectivity index (χ1n) is 7.77. The van der Waals surface area contributed by atoms with E-state index in [1.807, 2.05) is 20.8 Å². The minimum atomic E-state index is -3.26. The molecule has 2 heterocycles. The van der Waals surface area contributed by atoms with Gasteiger partial charge in [-0.05, 0) is 45.7 Å². The Bertz CT molecular complexity index is 630. The number of carbonyl (C=O) groups is 1. The normalized spacial score (nSPS) is 17.1. The van der Waals surface area contributed by atoms with Gasteiger partial charge in [0.1, 0.15) is 5.60 Å². The van der Waals surface area contributed by atoms with Crippen LogP contribution in [-0.4, -0.2) is 48.3 Å². The average Bonchev–Trinajstić information content (AvgIpc) is 2.46. The highest BCUT2D eigenvalue weighted by atomic mass is 32.2. The number of sulfone groups is 1. The second-order valence-electron chi connectivity index (χ2n) is 6.80. The molecule has 0 bridgehead atoms. The molecule has 2 rings (SSSR count). The fraction of sp³-hybridized carbons (Fsp3) is 0.625. The van der Waals surface area contributed by atoms with Gasteiger partial charge in [0.15, 0.2) is 9.84 Å². The number of carbonyl (C=O) groups excluding carboxylic acids is 1. The second kappa shape index (κ2) is 6.86. The minimum absolute atomic E-state index is 0.0507. The van der Waals surface area contributed by atoms with Crippen molar-refractivity contribution in [2.45, 2.75) is 50.2 Å². The van der Waals surface area contributed by atoms with Crippen molar-refractivity contribution in [3.8, 4) is 0 Å². The number of ether oxygens (including phenoxy) is 1. The molecule has 7 heteroatoms. The summed E-state index contributed by atoms with van der Waals surface area (Å²) in [5.74, 6) is -0.0507. The van der Waals surface area contributed by atoms with Gasteiger partial charge in [-0.1, -0.05) is 6.07 Å². The Hall–Kier alpha value is -1.63. The van der Waals surface area contributed by atoms with E-state index < -0.39 is 20.7 Å². The van der Waals surface area contributed by atoms with Crippen LogP contribution in [0.5, 0.6) is 0 Å². The summed E-state index contributed by atoms with van der Waals surface area (Å²) in [6, 6.07) is 5.26. The molecule has 0 radical (unpaired) electrons. The van der Waals surface area contributed by atoms with E-state index >= 15 is 0 Å². The van der Waals surface area contributed by atoms with Crippen LogP contribution in [0.1, 0.15) is 39.3 Å². The predicted octanol–water partition coefficient (Wildman–Crippen LogP) is 2.40. The Labute approximate surface area is 137 Å². The number of hydrogen-bond donors (Lipinski definition) is 0. The van der Waals surface area contributed by atoms with E-state index in [0.29, 0.717) is 31.6 Å². The van der Waals surface area contributed by atoms with Gasteiger partial charge in [0.25, 0.3) is 0 Å². The molecule has 1 aliphatic heterocycles. The third kappa shape index (κ3) is 5.20. The first-order chi connectivity index (χ1) is 10.7. The van der Waals surface area contributed by atoms with E-state index in [9.17, 15) is 13.2 Å². The number of nitrogens with zero attached hydrogens (tertiary/aromatic N) is 2. The molecule has 1 fully saturated rings. The highest BCUT2D eigenvalue weighted by Gasteiger charge is 2.33. The lowest BCUT2D eigenvalue weighted by Gasteiger charge is -2.33. The third-order valence-corrected chi connectivity index (χ3v) is 5.86. The summed E-state index contributed by atoms with van der Waals surface area (Å²) in [4.78, 5) is 17.7. The van der Waals surface area contributed by atoms with Gasteiger partial charge in [-0.25, -0.2) is 13.2 Å². The lowest BCUT2D eigenvalue weighted by molar-refractivity contribution is 0.0217. The quantitative estimate of drug-likeness (QED) is 0.844. The molecule has 128 valence electrons. The van der Waals surface area contributed by atoms with E-state index in [1.165, 1.54) is 0 Å². The van der Waals surface area contributed by atoms with Crippen molar-refractivity contribution in [2.24, 2.45) is 0 Å². The van der Waals surface area contributed by atoms with Gasteiger partial charge in [-0.3, -0.25) is 4.98 Å². The van der Waals surface area contributed by atoms with Crippen LogP contribution in [0.3, 0.4) is 0 Å². The van der Waals surface area contributed by atoms with Crippen molar-refractivity contribution in [1.82, 2.24) is 9.88 Å². The largest absolute Gasteiger partial charge is 0.444 e. The summed E-state index contributed by atoms with van der Waals surface area (Å²) in [6.45, 7) is 6.25. The van der Waals surface area contributed by atoms with Gasteiger partial charge < -0.3 is 9.64 Å². The van der Waals surface area contributed by atoms with Crippen LogP contribution in [0, 0.1) is 0 Å². The standard InChI is InChI=1S/C16H24N2O4S/c1-16(2,3)22-15(19)18-10-7-14(8-11-18)23(20,21)12-13-6-4-5-9-17-13/h4-6,9,14H,7-8,10-12H2,1-3H3. The lowest BCUT2D eigenvalue weighted by atomic mass is 10.1. The van der Waals surface area contributed by atoms with Crippen LogP contribution in [0.4, 0.5) is 4.79 Å². The summed E-state index contributed by atoms with van der Waals surface area (Å²) >= 11 is 0. The molecule has 0 saturated carbocycles. The van der Waals surface area contributed by atoms with E-state index in [-0.39, 0.29) is 11.8 Å². The number of pyridine rings is 1. The Kier molecular flexibility index (Phi) is 5.29. The fourth-order valence-electron chi connectivity index (χ4n) is 2.53. The molecule has 1 amide bonds. The number of likely N-dealkylation sites (tertiary alicyclic amines) is 1. The van der Waals surface area contributed by atoms with Gasteiger partial charge in [-0.2, -0.15) is 0 Å². The van der Waals surface area contributed by atoms with Crippen LogP contribution in [0.25, 0.3) is 0 Å². The van der Waals surface area contributed by atoms with E-state index in [0.717, 1.165) is 0 Å². The molecule has 0 aromatic carbocycles. The highest BCUT2D eigenvalue weighted by molar-refractivity contribution is 7.91. The van der Waals surface area contributed by atoms with Crippen molar-refractivity contribution < 1.29 is 17.9 Å². The van der Waals surface area contributed by atoms with Gasteiger partial charge in [-0.15, -0.1) is 0 Å². The molecule has 0 N–H and O–H groups in total. The first-order valence-corrected chi connectivity index (χ1v) is 9.48. The van der Waals surface area contributed by atoms with Crippen LogP contribution >= 0.6 is 0 Å². The molecule has 1 aromatic rings. The molecule has 0 atom stereocenters. The van der Waals surface area contributed by atoms with Crippen LogP contribution < -0.4 is 0 Å². The van der Waals surface area contributed by atoms with Gasteiger partial charge >= 0.3 is 6.09 Å². The maximum absolute atomic E-state index is 12.5. The molecular weight excluding hydrogens is 316 g/mol. The maximum atomic E-state index is 12.5. The summed E-state index contributed by atoms with van der Waals surface area (Å²) in [7, 11) is -3.26. The SMILES string of the molecule is CC(C)(C)OC(=O)N1CCC(S(=O)(=O)Cc2ccccn2)CC1. The third-order valence-electron chi connectivity index (χ3n) is 3.68. The monoisotopic (exact) mass is 340 g/mol. The lowest BCUT2D eigenvalue weighted by Crippen LogP contribution is -2.44. The van der Waals surface area contributed by atoms with Crippen molar-refractivity contribution >= 4 is 15.9 Å². The smallest absolute Gasteiger partial charge is 0.410 e. The van der Waals surface area contributed by atoms with Gasteiger partial charge in [0.2, 0.25) is 0 Å². The molecular formula is C16H24N2O4S. The molecule has 6 nitrogen and oxygen atoms in total. The second-order valence-corrected chi connectivity index (χ2v) is 9.08. The number of piperidine rings is 1. The van der Waals surface area contributed by atoms with Crippen LogP contribution in [0.2, 0.25) is 0 Å². The Morgan fingerprint density at radius 3 is 2.48 bits per heavy atom. The Morgan fingerprint density at radius 1 is 1.30 bits per heavy atom. The number of hydrogen-bond acceptors (Lipinski definition) is 5. The molecule has 1 aromatic heterocycles. The predicted molar refractivity (Wildman–Crippen MR) is 87.7 cm³/mol. The molecule has 1 saturated heterocycles. The van der Waals surface area contributed by atoms with E-state index in [2.05, 4.69) is 4.98 Å². The summed E-state index contributed by atoms with van der Waals surface area (Å²) in [5.41, 5.74) is 0.0148. The van der Waals surface area contributed by atoms with Crippen molar-refractivity contribution in [1.29, 1.82) is 0 Å². The van der Waals surface area contributed by atoms with E-state index in [1.54, 1.807) is 29.3 Å².